The second-order valence-electron chi connectivity index (χ2n) is 12.1. The molecule has 52 heavy (non-hydrogen) atoms. The van der Waals surface area contributed by atoms with Crippen molar-refractivity contribution in [1.29, 1.82) is 0 Å². The quantitative estimate of drug-likeness (QED) is 0.181. The Bertz CT molecular complexity index is 1730. The summed E-state index contributed by atoms with van der Waals surface area (Å²) in [7, 11) is 0. The van der Waals surface area contributed by atoms with Crippen LogP contribution in [0.1, 0.15) is 54.0 Å². The van der Waals surface area contributed by atoms with Gasteiger partial charge in [0.2, 0.25) is 6.29 Å². The standard InChI is InChI=1S/C34H40O18/c1-14-11-26(41)50-24-12-22(9-10-23(14)24)49-34-32(30(47-20(7)39)28(45-18(5)37)25(51-34)13-42-16(3)35)52-33-31(48-21(8)40)29(46-19(6)38)27(15(2)43-33)44-17(4)36/h9-12,15,25,27-34H,13H2,1-8H3/t15-,25+,27+,28-,29+,30-,31-,32+,33-,34+/m0/s1. The van der Waals surface area contributed by atoms with Crippen molar-refractivity contribution in [2.75, 3.05) is 6.61 Å². The Hall–Kier alpha value is -5.07. The molecule has 0 N–H and O–H groups in total. The van der Waals surface area contributed by atoms with E-state index in [2.05, 4.69) is 0 Å². The van der Waals surface area contributed by atoms with Crippen molar-refractivity contribution in [1.82, 2.24) is 0 Å². The van der Waals surface area contributed by atoms with E-state index in [0.29, 0.717) is 10.9 Å². The molecule has 284 valence electrons. The van der Waals surface area contributed by atoms with E-state index in [0.717, 1.165) is 41.5 Å². The number of fused-ring (bicyclic) bond motifs is 1. The summed E-state index contributed by atoms with van der Waals surface area (Å²) in [6.07, 6.45) is -14.7. The SMILES string of the molecule is CC(=O)OC[C@H]1O[C@@H](Oc2ccc3c(C)cc(=O)oc3c2)[C@H](O[C@@H]2O[C@@H](C)[C@@H](OC(C)=O)[C@@H](OC(C)=O)[C@@H]2OC(C)=O)[C@@H](OC(C)=O)[C@H]1OC(C)=O. The molecule has 0 spiro atoms. The highest BCUT2D eigenvalue weighted by Crippen LogP contribution is 2.36. The van der Waals surface area contributed by atoms with E-state index >= 15 is 0 Å². The summed E-state index contributed by atoms with van der Waals surface area (Å²) in [5.74, 6) is -4.81. The van der Waals surface area contributed by atoms with Gasteiger partial charge in [-0.15, -0.1) is 0 Å². The first-order valence-corrected chi connectivity index (χ1v) is 16.1. The van der Waals surface area contributed by atoms with Gasteiger partial charge in [0.15, 0.2) is 42.9 Å². The monoisotopic (exact) mass is 736 g/mol. The van der Waals surface area contributed by atoms with Gasteiger partial charge in [0.05, 0.1) is 6.10 Å². The van der Waals surface area contributed by atoms with E-state index in [1.807, 2.05) is 0 Å². The van der Waals surface area contributed by atoms with Crippen molar-refractivity contribution in [3.05, 3.63) is 40.2 Å². The summed E-state index contributed by atoms with van der Waals surface area (Å²) in [4.78, 5) is 85.5. The topological polar surface area (TPSA) is 225 Å². The van der Waals surface area contributed by atoms with E-state index in [-0.39, 0.29) is 11.3 Å². The van der Waals surface area contributed by atoms with E-state index in [1.165, 1.54) is 25.1 Å². The van der Waals surface area contributed by atoms with Crippen molar-refractivity contribution >= 4 is 46.8 Å². The van der Waals surface area contributed by atoms with Gasteiger partial charge in [0, 0.05) is 59.1 Å². The summed E-state index contributed by atoms with van der Waals surface area (Å²) in [6, 6.07) is 5.85. The number of ether oxygens (including phenoxy) is 10. The van der Waals surface area contributed by atoms with Gasteiger partial charge in [-0.2, -0.15) is 0 Å². The molecule has 18 nitrogen and oxygen atoms in total. The summed E-state index contributed by atoms with van der Waals surface area (Å²) in [5.41, 5.74) is 0.164. The molecule has 2 fully saturated rings. The van der Waals surface area contributed by atoms with Crippen LogP contribution in [0.5, 0.6) is 5.75 Å². The molecule has 0 aliphatic carbocycles. The third kappa shape index (κ3) is 10.0. The first kappa shape index (κ1) is 39.7. The average Bonchev–Trinajstić information content (AvgIpc) is 3.01. The van der Waals surface area contributed by atoms with Crippen LogP contribution >= 0.6 is 0 Å². The molecular formula is C34H40O18. The first-order chi connectivity index (χ1) is 24.4. The molecule has 0 saturated carbocycles. The fraction of sp³-hybridized carbons (Fsp3) is 0.559. The fourth-order valence-electron chi connectivity index (χ4n) is 5.86. The lowest BCUT2D eigenvalue weighted by molar-refractivity contribution is -0.356. The lowest BCUT2D eigenvalue weighted by Crippen LogP contribution is -2.67. The van der Waals surface area contributed by atoms with Crippen LogP contribution in [0.4, 0.5) is 0 Å². The molecule has 0 unspecified atom stereocenters. The number of rotatable bonds is 11. The molecule has 0 radical (unpaired) electrons. The zero-order chi connectivity index (χ0) is 38.4. The minimum absolute atomic E-state index is 0.0563. The van der Waals surface area contributed by atoms with Crippen molar-refractivity contribution < 1.29 is 80.6 Å². The molecule has 10 atom stereocenters. The van der Waals surface area contributed by atoms with Gasteiger partial charge >= 0.3 is 41.4 Å². The number of esters is 6. The van der Waals surface area contributed by atoms with Crippen LogP contribution in [0.2, 0.25) is 0 Å². The third-order valence-corrected chi connectivity index (χ3v) is 7.75. The van der Waals surface area contributed by atoms with E-state index < -0.39 is 109 Å². The lowest BCUT2D eigenvalue weighted by atomic mass is 9.96. The minimum Gasteiger partial charge on any atom is -0.463 e. The van der Waals surface area contributed by atoms with Crippen LogP contribution in [0.3, 0.4) is 0 Å². The summed E-state index contributed by atoms with van der Waals surface area (Å²) in [6.45, 7) is 9.24. The molecule has 4 rings (SSSR count). The van der Waals surface area contributed by atoms with Crippen LogP contribution < -0.4 is 10.4 Å². The highest BCUT2D eigenvalue weighted by Gasteiger charge is 2.57. The minimum atomic E-state index is -1.67. The smallest absolute Gasteiger partial charge is 0.336 e. The fourth-order valence-corrected chi connectivity index (χ4v) is 5.86. The van der Waals surface area contributed by atoms with Gasteiger partial charge in [0.25, 0.3) is 0 Å². The number of carbonyl (C=O) groups excluding carboxylic acids is 6. The summed E-state index contributed by atoms with van der Waals surface area (Å²) in [5, 5.41) is 0.595. The molecule has 0 bridgehead atoms. The Morgan fingerprint density at radius 1 is 0.635 bits per heavy atom. The van der Waals surface area contributed by atoms with Gasteiger partial charge < -0.3 is 51.8 Å². The van der Waals surface area contributed by atoms with E-state index in [4.69, 9.17) is 51.8 Å². The van der Waals surface area contributed by atoms with E-state index in [1.54, 1.807) is 13.0 Å². The van der Waals surface area contributed by atoms with Crippen molar-refractivity contribution in [3.63, 3.8) is 0 Å². The number of carbonyl (C=O) groups is 6. The highest BCUT2D eigenvalue weighted by atomic mass is 16.8. The van der Waals surface area contributed by atoms with Crippen LogP contribution in [0, 0.1) is 6.92 Å². The normalized spacial score (nSPS) is 28.5. The molecule has 2 saturated heterocycles. The second-order valence-corrected chi connectivity index (χ2v) is 12.1. The number of aryl methyl sites for hydroxylation is 1. The number of hydrogen-bond acceptors (Lipinski definition) is 18. The maximum Gasteiger partial charge on any atom is 0.336 e. The molecule has 2 aliphatic rings. The van der Waals surface area contributed by atoms with E-state index in [9.17, 15) is 33.6 Å². The molecule has 2 aromatic rings. The van der Waals surface area contributed by atoms with Crippen LogP contribution in [0.25, 0.3) is 11.0 Å². The van der Waals surface area contributed by atoms with Gasteiger partial charge in [-0.25, -0.2) is 4.79 Å². The molecule has 2 aliphatic heterocycles. The molecule has 0 amide bonds. The summed E-state index contributed by atoms with van der Waals surface area (Å²) >= 11 is 0. The second kappa shape index (κ2) is 17.0. The number of benzene rings is 1. The summed E-state index contributed by atoms with van der Waals surface area (Å²) < 4.78 is 62.8. The van der Waals surface area contributed by atoms with Gasteiger partial charge in [-0.05, 0) is 31.5 Å². The third-order valence-electron chi connectivity index (χ3n) is 7.75. The number of hydrogen-bond donors (Lipinski definition) is 0. The lowest BCUT2D eigenvalue weighted by Gasteiger charge is -2.48. The van der Waals surface area contributed by atoms with Gasteiger partial charge in [-0.1, -0.05) is 0 Å². The van der Waals surface area contributed by atoms with Crippen LogP contribution in [-0.2, 0) is 71.4 Å². The maximum absolute atomic E-state index is 12.6. The molecule has 18 heteroatoms. The Balaban J connectivity index is 1.85. The largest absolute Gasteiger partial charge is 0.463 e. The Labute approximate surface area is 296 Å². The van der Waals surface area contributed by atoms with Crippen molar-refractivity contribution in [2.45, 2.75) is 117 Å². The van der Waals surface area contributed by atoms with Crippen molar-refractivity contribution in [2.24, 2.45) is 0 Å². The highest BCUT2D eigenvalue weighted by molar-refractivity contribution is 5.81. The average molecular weight is 737 g/mol. The Morgan fingerprint density at radius 2 is 1.17 bits per heavy atom. The predicted octanol–water partition coefficient (Wildman–Crippen LogP) is 1.56. The maximum atomic E-state index is 12.6. The zero-order valence-electron chi connectivity index (χ0n) is 29.6. The predicted molar refractivity (Wildman–Crippen MR) is 170 cm³/mol. The molecule has 3 heterocycles. The van der Waals surface area contributed by atoms with Crippen LogP contribution in [0.15, 0.2) is 33.5 Å². The molecule has 1 aromatic carbocycles. The van der Waals surface area contributed by atoms with Gasteiger partial charge in [-0.3, -0.25) is 28.8 Å². The zero-order valence-corrected chi connectivity index (χ0v) is 29.6. The molecular weight excluding hydrogens is 696 g/mol. The van der Waals surface area contributed by atoms with Gasteiger partial charge in [0.1, 0.15) is 24.0 Å². The Kier molecular flexibility index (Phi) is 13.0. The van der Waals surface area contributed by atoms with Crippen molar-refractivity contribution in [3.8, 4) is 5.75 Å². The molecule has 1 aromatic heterocycles. The first-order valence-electron chi connectivity index (χ1n) is 16.1. The Morgan fingerprint density at radius 3 is 1.75 bits per heavy atom. The van der Waals surface area contributed by atoms with Crippen LogP contribution in [-0.4, -0.2) is 104 Å².